The first kappa shape index (κ1) is 12.8. The number of rotatable bonds is 4. The molecule has 1 aromatic carbocycles. The molecule has 19 heavy (non-hydrogen) atoms. The molecular formula is C13H14N4O2. The highest BCUT2D eigenvalue weighted by Crippen LogP contribution is 2.04. The maximum Gasteiger partial charge on any atom is 0.254 e. The molecule has 0 saturated heterocycles. The zero-order valence-corrected chi connectivity index (χ0v) is 10.5. The van der Waals surface area contributed by atoms with E-state index in [1.54, 1.807) is 37.5 Å². The van der Waals surface area contributed by atoms with Crippen LogP contribution < -0.4 is 5.32 Å². The molecule has 0 aliphatic rings. The summed E-state index contributed by atoms with van der Waals surface area (Å²) in [6, 6.07) is 8.83. The summed E-state index contributed by atoms with van der Waals surface area (Å²) < 4.78 is 0. The largest absolute Gasteiger partial charge is 0.332 e. The van der Waals surface area contributed by atoms with Gasteiger partial charge in [0.1, 0.15) is 0 Å². The lowest BCUT2D eigenvalue weighted by Crippen LogP contribution is -2.34. The van der Waals surface area contributed by atoms with E-state index in [0.717, 1.165) is 0 Å². The van der Waals surface area contributed by atoms with Gasteiger partial charge in [0.05, 0.1) is 18.4 Å². The van der Waals surface area contributed by atoms with Gasteiger partial charge in [-0.05, 0) is 12.1 Å². The molecule has 1 aromatic heterocycles. The van der Waals surface area contributed by atoms with Crippen molar-refractivity contribution in [2.24, 2.45) is 0 Å². The molecule has 6 heteroatoms. The maximum atomic E-state index is 12.0. The summed E-state index contributed by atoms with van der Waals surface area (Å²) in [5, 5.41) is 8.94. The number of anilines is 1. The van der Waals surface area contributed by atoms with Crippen LogP contribution in [0.3, 0.4) is 0 Å². The molecule has 0 aliphatic heterocycles. The van der Waals surface area contributed by atoms with Crippen molar-refractivity contribution in [3.05, 3.63) is 48.3 Å². The molecule has 0 unspecified atom stereocenters. The highest BCUT2D eigenvalue weighted by Gasteiger charge is 2.14. The van der Waals surface area contributed by atoms with E-state index in [4.69, 9.17) is 0 Å². The van der Waals surface area contributed by atoms with Gasteiger partial charge >= 0.3 is 0 Å². The Hall–Kier alpha value is -2.63. The zero-order valence-electron chi connectivity index (χ0n) is 10.5. The lowest BCUT2D eigenvalue weighted by atomic mass is 10.2. The molecule has 0 fully saturated rings. The number of nitrogens with zero attached hydrogens (tertiary/aromatic N) is 2. The van der Waals surface area contributed by atoms with E-state index < -0.39 is 0 Å². The van der Waals surface area contributed by atoms with Gasteiger partial charge in [-0.25, -0.2) is 0 Å². The van der Waals surface area contributed by atoms with Crippen LogP contribution in [-0.4, -0.2) is 40.5 Å². The third-order valence-corrected chi connectivity index (χ3v) is 2.53. The van der Waals surface area contributed by atoms with Gasteiger partial charge < -0.3 is 10.2 Å². The molecule has 2 aromatic rings. The van der Waals surface area contributed by atoms with Crippen molar-refractivity contribution < 1.29 is 9.59 Å². The second-order valence-electron chi connectivity index (χ2n) is 4.06. The minimum absolute atomic E-state index is 0.0150. The molecule has 0 spiro atoms. The Morgan fingerprint density at radius 2 is 2.05 bits per heavy atom. The highest BCUT2D eigenvalue weighted by molar-refractivity contribution is 5.99. The molecule has 2 N–H and O–H groups in total. The van der Waals surface area contributed by atoms with E-state index in [-0.39, 0.29) is 18.4 Å². The quantitative estimate of drug-likeness (QED) is 0.862. The van der Waals surface area contributed by atoms with Gasteiger partial charge in [0.15, 0.2) is 0 Å². The monoisotopic (exact) mass is 258 g/mol. The molecule has 0 bridgehead atoms. The van der Waals surface area contributed by atoms with Gasteiger partial charge in [0.2, 0.25) is 5.91 Å². The van der Waals surface area contributed by atoms with Crippen LogP contribution in [0.15, 0.2) is 42.7 Å². The molecule has 0 saturated carbocycles. The third-order valence-electron chi connectivity index (χ3n) is 2.53. The number of carbonyl (C=O) groups excluding carboxylic acids is 2. The van der Waals surface area contributed by atoms with Crippen molar-refractivity contribution >= 4 is 17.5 Å². The predicted molar refractivity (Wildman–Crippen MR) is 70.6 cm³/mol. The van der Waals surface area contributed by atoms with E-state index in [1.807, 2.05) is 6.07 Å². The van der Waals surface area contributed by atoms with Crippen LogP contribution in [0.1, 0.15) is 10.4 Å². The van der Waals surface area contributed by atoms with Crippen molar-refractivity contribution in [2.75, 3.05) is 18.9 Å². The fraction of sp³-hybridized carbons (Fsp3) is 0.154. The third kappa shape index (κ3) is 3.41. The van der Waals surface area contributed by atoms with E-state index >= 15 is 0 Å². The minimum Gasteiger partial charge on any atom is -0.332 e. The van der Waals surface area contributed by atoms with Gasteiger partial charge in [-0.15, -0.1) is 0 Å². The van der Waals surface area contributed by atoms with Crippen molar-refractivity contribution in [1.82, 2.24) is 15.1 Å². The first-order valence-electron chi connectivity index (χ1n) is 5.76. The Kier molecular flexibility index (Phi) is 3.92. The van der Waals surface area contributed by atoms with E-state index in [9.17, 15) is 9.59 Å². The fourth-order valence-corrected chi connectivity index (χ4v) is 1.61. The van der Waals surface area contributed by atoms with Crippen LogP contribution in [-0.2, 0) is 4.79 Å². The fourth-order valence-electron chi connectivity index (χ4n) is 1.61. The minimum atomic E-state index is -0.270. The topological polar surface area (TPSA) is 78.1 Å². The standard InChI is InChI=1S/C13H14N4O2/c1-17(13(19)10-5-3-2-4-6-10)9-12(18)16-11-7-14-15-8-11/h2-8H,9H2,1H3,(H,14,15)(H,16,18). The molecular weight excluding hydrogens is 244 g/mol. The number of amides is 2. The summed E-state index contributed by atoms with van der Waals surface area (Å²) in [5.41, 5.74) is 1.13. The average molecular weight is 258 g/mol. The summed E-state index contributed by atoms with van der Waals surface area (Å²) in [5.74, 6) is -0.462. The first-order chi connectivity index (χ1) is 9.16. The van der Waals surface area contributed by atoms with Gasteiger partial charge in [-0.1, -0.05) is 18.2 Å². The molecule has 1 heterocycles. The second-order valence-corrected chi connectivity index (χ2v) is 4.06. The van der Waals surface area contributed by atoms with Crippen molar-refractivity contribution in [2.45, 2.75) is 0 Å². The van der Waals surface area contributed by atoms with Crippen LogP contribution in [0.2, 0.25) is 0 Å². The predicted octanol–water partition coefficient (Wildman–Crippen LogP) is 1.12. The number of nitrogens with one attached hydrogen (secondary N) is 2. The van der Waals surface area contributed by atoms with Gasteiger partial charge in [0, 0.05) is 18.8 Å². The Morgan fingerprint density at radius 3 is 2.68 bits per heavy atom. The summed E-state index contributed by atoms with van der Waals surface area (Å²) in [7, 11) is 1.59. The Labute approximate surface area is 110 Å². The first-order valence-corrected chi connectivity index (χ1v) is 5.76. The lowest BCUT2D eigenvalue weighted by molar-refractivity contribution is -0.116. The van der Waals surface area contributed by atoms with Crippen LogP contribution in [0.25, 0.3) is 0 Å². The van der Waals surface area contributed by atoms with E-state index in [0.29, 0.717) is 11.3 Å². The molecule has 0 radical (unpaired) electrons. The summed E-state index contributed by atoms with van der Waals surface area (Å²) in [4.78, 5) is 25.1. The van der Waals surface area contributed by atoms with E-state index in [2.05, 4.69) is 15.5 Å². The normalized spacial score (nSPS) is 9.95. The number of likely N-dealkylation sites (N-methyl/N-ethyl adjacent to an activating group) is 1. The summed E-state index contributed by atoms with van der Waals surface area (Å²) >= 11 is 0. The molecule has 0 atom stereocenters. The van der Waals surface area contributed by atoms with Gasteiger partial charge in [-0.3, -0.25) is 14.7 Å². The number of benzene rings is 1. The Morgan fingerprint density at radius 1 is 1.32 bits per heavy atom. The Balaban J connectivity index is 1.92. The van der Waals surface area contributed by atoms with Crippen molar-refractivity contribution in [1.29, 1.82) is 0 Å². The van der Waals surface area contributed by atoms with Gasteiger partial charge in [-0.2, -0.15) is 5.10 Å². The number of H-pyrrole nitrogens is 1. The van der Waals surface area contributed by atoms with Crippen molar-refractivity contribution in [3.8, 4) is 0 Å². The van der Waals surface area contributed by atoms with Crippen LogP contribution in [0.4, 0.5) is 5.69 Å². The molecule has 98 valence electrons. The molecule has 2 rings (SSSR count). The average Bonchev–Trinajstić information content (AvgIpc) is 2.91. The van der Waals surface area contributed by atoms with Crippen molar-refractivity contribution in [3.63, 3.8) is 0 Å². The van der Waals surface area contributed by atoms with E-state index in [1.165, 1.54) is 11.1 Å². The highest BCUT2D eigenvalue weighted by atomic mass is 16.2. The van der Waals surface area contributed by atoms with Gasteiger partial charge in [0.25, 0.3) is 5.91 Å². The SMILES string of the molecule is CN(CC(=O)Nc1cn[nH]c1)C(=O)c1ccccc1. The van der Waals surface area contributed by atoms with Crippen LogP contribution >= 0.6 is 0 Å². The molecule has 6 nitrogen and oxygen atoms in total. The number of aromatic nitrogens is 2. The maximum absolute atomic E-state index is 12.0. The number of carbonyl (C=O) groups is 2. The summed E-state index contributed by atoms with van der Waals surface area (Å²) in [6.07, 6.45) is 3.06. The van der Waals surface area contributed by atoms with Crippen LogP contribution in [0, 0.1) is 0 Å². The number of hydrogen-bond acceptors (Lipinski definition) is 3. The molecule has 2 amide bonds. The smallest absolute Gasteiger partial charge is 0.254 e. The lowest BCUT2D eigenvalue weighted by Gasteiger charge is -2.16. The van der Waals surface area contributed by atoms with Crippen LogP contribution in [0.5, 0.6) is 0 Å². The number of hydrogen-bond donors (Lipinski definition) is 2. The summed E-state index contributed by atoms with van der Waals surface area (Å²) in [6.45, 7) is -0.0150. The Bertz CT molecular complexity index is 551. The molecule has 0 aliphatic carbocycles. The zero-order chi connectivity index (χ0) is 13.7. The second kappa shape index (κ2) is 5.81. The number of aromatic amines is 1.